The number of halogens is 2. The van der Waals surface area contributed by atoms with Crippen LogP contribution < -0.4 is 5.73 Å². The van der Waals surface area contributed by atoms with Gasteiger partial charge >= 0.3 is 0 Å². The number of rotatable bonds is 5. The third-order valence-electron chi connectivity index (χ3n) is 5.39. The van der Waals surface area contributed by atoms with Crippen LogP contribution in [0.25, 0.3) is 0 Å². The van der Waals surface area contributed by atoms with Crippen LogP contribution in [-0.2, 0) is 11.2 Å². The molecule has 2 atom stereocenters. The Morgan fingerprint density at radius 2 is 2.03 bits per heavy atom. The first-order chi connectivity index (χ1) is 14.4. The Morgan fingerprint density at radius 3 is 2.67 bits per heavy atom. The van der Waals surface area contributed by atoms with E-state index in [4.69, 9.17) is 21.8 Å². The van der Waals surface area contributed by atoms with E-state index in [1.807, 2.05) is 0 Å². The van der Waals surface area contributed by atoms with Crippen molar-refractivity contribution in [3.8, 4) is 0 Å². The van der Waals surface area contributed by atoms with E-state index in [1.54, 1.807) is 43.3 Å². The number of hydrogen-bond acceptors (Lipinski definition) is 4. The SMILES string of the molecule is Cc1ncoc1C(=O)N(C(C(N)=O)c1ccccc1)[C@@H]1CCc2c(F)cc(Cl)cc21. The second-order valence-electron chi connectivity index (χ2n) is 7.20. The molecule has 0 saturated carbocycles. The largest absolute Gasteiger partial charge is 0.438 e. The summed E-state index contributed by atoms with van der Waals surface area (Å²) in [5.74, 6) is -1.68. The Kier molecular flexibility index (Phi) is 5.30. The minimum Gasteiger partial charge on any atom is -0.438 e. The van der Waals surface area contributed by atoms with Gasteiger partial charge in [0, 0.05) is 5.02 Å². The number of nitrogens with two attached hydrogens (primary N) is 1. The van der Waals surface area contributed by atoms with Crippen LogP contribution in [0.1, 0.15) is 51.4 Å². The zero-order valence-corrected chi connectivity index (χ0v) is 16.9. The molecule has 2 aromatic carbocycles. The van der Waals surface area contributed by atoms with Crippen molar-refractivity contribution < 1.29 is 18.4 Å². The van der Waals surface area contributed by atoms with Crippen LogP contribution in [0, 0.1) is 12.7 Å². The van der Waals surface area contributed by atoms with Crippen molar-refractivity contribution in [2.24, 2.45) is 5.73 Å². The molecule has 0 saturated heterocycles. The molecule has 1 unspecified atom stereocenters. The molecule has 1 aliphatic carbocycles. The van der Waals surface area contributed by atoms with Gasteiger partial charge in [0.05, 0.1) is 11.7 Å². The van der Waals surface area contributed by atoms with Crippen molar-refractivity contribution in [1.82, 2.24) is 9.88 Å². The van der Waals surface area contributed by atoms with Gasteiger partial charge in [0.15, 0.2) is 6.39 Å². The topological polar surface area (TPSA) is 89.4 Å². The molecule has 8 heteroatoms. The maximum atomic E-state index is 14.5. The van der Waals surface area contributed by atoms with Crippen LogP contribution in [0.4, 0.5) is 4.39 Å². The van der Waals surface area contributed by atoms with Gasteiger partial charge in [-0.05, 0) is 48.6 Å². The number of benzene rings is 2. The minimum atomic E-state index is -1.08. The summed E-state index contributed by atoms with van der Waals surface area (Å²) >= 11 is 6.10. The lowest BCUT2D eigenvalue weighted by molar-refractivity contribution is -0.123. The third-order valence-corrected chi connectivity index (χ3v) is 5.61. The molecule has 1 heterocycles. The second kappa shape index (κ2) is 7.91. The number of aromatic nitrogens is 1. The highest BCUT2D eigenvalue weighted by Crippen LogP contribution is 2.43. The van der Waals surface area contributed by atoms with Crippen molar-refractivity contribution in [2.75, 3.05) is 0 Å². The molecule has 0 radical (unpaired) electrons. The maximum absolute atomic E-state index is 14.5. The van der Waals surface area contributed by atoms with Crippen molar-refractivity contribution in [1.29, 1.82) is 0 Å². The summed E-state index contributed by atoms with van der Waals surface area (Å²) in [6, 6.07) is 9.94. The van der Waals surface area contributed by atoms with Gasteiger partial charge in [-0.2, -0.15) is 0 Å². The molecule has 3 aromatic rings. The van der Waals surface area contributed by atoms with Gasteiger partial charge in [-0.1, -0.05) is 41.9 Å². The third kappa shape index (κ3) is 3.45. The first-order valence-electron chi connectivity index (χ1n) is 9.43. The molecule has 1 aliphatic rings. The van der Waals surface area contributed by atoms with Gasteiger partial charge in [-0.15, -0.1) is 0 Å². The van der Waals surface area contributed by atoms with Crippen LogP contribution in [-0.4, -0.2) is 21.7 Å². The van der Waals surface area contributed by atoms with Crippen molar-refractivity contribution in [3.05, 3.63) is 87.8 Å². The molecule has 2 N–H and O–H groups in total. The Hall–Kier alpha value is -3.19. The van der Waals surface area contributed by atoms with Crippen molar-refractivity contribution in [3.63, 3.8) is 0 Å². The van der Waals surface area contributed by atoms with E-state index in [-0.39, 0.29) is 10.8 Å². The highest BCUT2D eigenvalue weighted by Gasteiger charge is 2.41. The average Bonchev–Trinajstić information content (AvgIpc) is 3.32. The number of amides is 2. The van der Waals surface area contributed by atoms with E-state index in [9.17, 15) is 14.0 Å². The molecule has 4 rings (SSSR count). The molecule has 0 aliphatic heterocycles. The smallest absolute Gasteiger partial charge is 0.293 e. The lowest BCUT2D eigenvalue weighted by Gasteiger charge is -2.35. The van der Waals surface area contributed by atoms with E-state index >= 15 is 0 Å². The zero-order chi connectivity index (χ0) is 21.4. The molecule has 154 valence electrons. The highest BCUT2D eigenvalue weighted by atomic mass is 35.5. The summed E-state index contributed by atoms with van der Waals surface area (Å²) in [6.07, 6.45) is 1.99. The number of nitrogens with zero attached hydrogens (tertiary/aromatic N) is 2. The van der Waals surface area contributed by atoms with Gasteiger partial charge in [0.2, 0.25) is 11.7 Å². The lowest BCUT2D eigenvalue weighted by Crippen LogP contribution is -2.43. The first-order valence-corrected chi connectivity index (χ1v) is 9.81. The zero-order valence-electron chi connectivity index (χ0n) is 16.1. The maximum Gasteiger partial charge on any atom is 0.293 e. The molecule has 2 amide bonds. The van der Waals surface area contributed by atoms with Crippen molar-refractivity contribution >= 4 is 23.4 Å². The predicted octanol–water partition coefficient (Wildman–Crippen LogP) is 4.13. The van der Waals surface area contributed by atoms with Crippen LogP contribution in [0.5, 0.6) is 0 Å². The molecule has 1 aromatic heterocycles. The molecule has 0 fully saturated rings. The van der Waals surface area contributed by atoms with Gasteiger partial charge < -0.3 is 15.1 Å². The Morgan fingerprint density at radius 1 is 1.30 bits per heavy atom. The molecule has 0 bridgehead atoms. The van der Waals surface area contributed by atoms with Gasteiger partial charge in [-0.25, -0.2) is 9.37 Å². The number of carbonyl (C=O) groups excluding carboxylic acids is 2. The number of oxazole rings is 1. The fraction of sp³-hybridized carbons (Fsp3) is 0.227. The van der Waals surface area contributed by atoms with Gasteiger partial charge in [0.25, 0.3) is 5.91 Å². The molecule has 6 nitrogen and oxygen atoms in total. The van der Waals surface area contributed by atoms with Crippen LogP contribution in [0.3, 0.4) is 0 Å². The van der Waals surface area contributed by atoms with Crippen LogP contribution in [0.15, 0.2) is 53.3 Å². The van der Waals surface area contributed by atoms with Gasteiger partial charge in [-0.3, -0.25) is 9.59 Å². The standard InChI is InChI=1S/C22H19ClFN3O3/c1-12-20(30-11-26-12)22(29)27(19(21(25)28)13-5-3-2-4-6-13)18-8-7-15-16(18)9-14(23)10-17(15)24/h2-6,9-11,18-19H,7-8H2,1H3,(H2,25,28)/t18-,19?/m1/s1. The van der Waals surface area contributed by atoms with Crippen LogP contribution in [0.2, 0.25) is 5.02 Å². The van der Waals surface area contributed by atoms with E-state index < -0.39 is 29.7 Å². The molecular formula is C22H19ClFN3O3. The van der Waals surface area contributed by atoms with E-state index in [2.05, 4.69) is 4.98 Å². The highest BCUT2D eigenvalue weighted by molar-refractivity contribution is 6.30. The summed E-state index contributed by atoms with van der Waals surface area (Å²) in [7, 11) is 0. The Balaban J connectivity index is 1.89. The first kappa shape index (κ1) is 20.1. The van der Waals surface area contributed by atoms with Gasteiger partial charge in [0.1, 0.15) is 11.9 Å². The summed E-state index contributed by atoms with van der Waals surface area (Å²) in [5, 5.41) is 0.219. The number of aryl methyl sites for hydroxylation is 1. The minimum absolute atomic E-state index is 0.00753. The average molecular weight is 428 g/mol. The van der Waals surface area contributed by atoms with Crippen molar-refractivity contribution in [2.45, 2.75) is 31.8 Å². The number of carbonyl (C=O) groups is 2. The number of fused-ring (bicyclic) bond motifs is 1. The Bertz CT molecular complexity index is 1120. The molecule has 30 heavy (non-hydrogen) atoms. The monoisotopic (exact) mass is 427 g/mol. The lowest BCUT2D eigenvalue weighted by atomic mass is 9.98. The fourth-order valence-corrected chi connectivity index (χ4v) is 4.28. The van der Waals surface area contributed by atoms with Crippen LogP contribution >= 0.6 is 11.6 Å². The summed E-state index contributed by atoms with van der Waals surface area (Å²) < 4.78 is 19.8. The summed E-state index contributed by atoms with van der Waals surface area (Å²) in [5.41, 5.74) is 7.74. The molecular weight excluding hydrogens is 409 g/mol. The van der Waals surface area contributed by atoms with E-state index in [0.717, 1.165) is 0 Å². The quantitative estimate of drug-likeness (QED) is 0.662. The second-order valence-corrected chi connectivity index (χ2v) is 7.64. The Labute approximate surface area is 177 Å². The normalized spacial score (nSPS) is 16.2. The van der Waals surface area contributed by atoms with E-state index in [0.29, 0.717) is 35.2 Å². The summed E-state index contributed by atoms with van der Waals surface area (Å²) in [4.78, 5) is 31.5. The molecule has 0 spiro atoms. The fourth-order valence-electron chi connectivity index (χ4n) is 4.07. The predicted molar refractivity (Wildman–Crippen MR) is 108 cm³/mol. The number of primary amides is 1. The summed E-state index contributed by atoms with van der Waals surface area (Å²) in [6.45, 7) is 1.63. The number of hydrogen-bond donors (Lipinski definition) is 1. The van der Waals surface area contributed by atoms with E-state index in [1.165, 1.54) is 17.4 Å².